The lowest BCUT2D eigenvalue weighted by molar-refractivity contribution is 0.0980. The first-order valence-electron chi connectivity index (χ1n) is 10.2. The number of ether oxygens (including phenoxy) is 1. The van der Waals surface area contributed by atoms with Crippen LogP contribution in [0.25, 0.3) is 10.9 Å². The van der Waals surface area contributed by atoms with E-state index >= 15 is 0 Å². The summed E-state index contributed by atoms with van der Waals surface area (Å²) in [5.74, 6) is -0.379. The monoisotopic (exact) mass is 461 g/mol. The summed E-state index contributed by atoms with van der Waals surface area (Å²) in [6.45, 7) is 0. The average Bonchev–Trinajstić information content (AvgIpc) is 2.83. The Bertz CT molecular complexity index is 1400. The number of methoxy groups -OCH3 is 1. The van der Waals surface area contributed by atoms with E-state index in [0.717, 1.165) is 5.56 Å². The lowest BCUT2D eigenvalue weighted by Crippen LogP contribution is -2.23. The summed E-state index contributed by atoms with van der Waals surface area (Å²) < 4.78 is 5.05. The number of fused-ring (bicyclic) bond motifs is 1. The van der Waals surface area contributed by atoms with Crippen LogP contribution in [0.2, 0.25) is 5.02 Å². The quantitative estimate of drug-likeness (QED) is 0.390. The fraction of sp³-hybridized carbons (Fsp3) is 0.120. The minimum atomic E-state index is -0.648. The maximum atomic E-state index is 12.8. The number of nitrogens with zero attached hydrogens (tertiary/aromatic N) is 1. The van der Waals surface area contributed by atoms with Gasteiger partial charge < -0.3 is 15.0 Å². The Morgan fingerprint density at radius 3 is 2.64 bits per heavy atom. The molecule has 166 valence electrons. The number of benzene rings is 2. The van der Waals surface area contributed by atoms with E-state index in [-0.39, 0.29) is 22.1 Å². The van der Waals surface area contributed by atoms with Crippen molar-refractivity contribution in [2.45, 2.75) is 12.8 Å². The average molecular weight is 462 g/mol. The van der Waals surface area contributed by atoms with E-state index in [4.69, 9.17) is 16.3 Å². The molecule has 0 aliphatic carbocycles. The zero-order valence-electron chi connectivity index (χ0n) is 17.7. The Balaban J connectivity index is 1.53. The third-order valence-electron chi connectivity index (χ3n) is 5.18. The summed E-state index contributed by atoms with van der Waals surface area (Å²) >= 11 is 6.24. The summed E-state index contributed by atoms with van der Waals surface area (Å²) in [6.07, 6.45) is 2.43. The Morgan fingerprint density at radius 1 is 1.09 bits per heavy atom. The van der Waals surface area contributed by atoms with Gasteiger partial charge in [-0.05, 0) is 36.2 Å². The van der Waals surface area contributed by atoms with Gasteiger partial charge in [-0.2, -0.15) is 0 Å². The highest BCUT2D eigenvalue weighted by Crippen LogP contribution is 2.25. The molecule has 0 aliphatic heterocycles. The number of carbonyl (C=O) groups excluding carboxylic acids is 2. The summed E-state index contributed by atoms with van der Waals surface area (Å²) in [4.78, 5) is 44.7. The van der Waals surface area contributed by atoms with Gasteiger partial charge in [0, 0.05) is 29.6 Å². The molecule has 2 aromatic carbocycles. The fourth-order valence-corrected chi connectivity index (χ4v) is 3.56. The minimum absolute atomic E-state index is 0.0745. The molecule has 0 saturated carbocycles. The van der Waals surface area contributed by atoms with Crippen molar-refractivity contribution in [1.82, 2.24) is 9.97 Å². The van der Waals surface area contributed by atoms with Crippen LogP contribution in [-0.4, -0.2) is 28.8 Å². The van der Waals surface area contributed by atoms with Crippen molar-refractivity contribution in [2.24, 2.45) is 0 Å². The lowest BCUT2D eigenvalue weighted by Gasteiger charge is -2.10. The number of halogens is 1. The standard InChI is InChI=1S/C25H20ClN3O4/c1-33-23-13-20-17(14-27-23)11-18(24(31)28-20)25(32)29-21-12-16(8-9-19(21)26)22(30)10-7-15-5-3-2-4-6-15/h2-6,8-9,11-14H,7,10H2,1H3,(H,28,31)(H,29,32). The predicted octanol–water partition coefficient (Wildman–Crippen LogP) is 4.65. The van der Waals surface area contributed by atoms with Gasteiger partial charge in [0.2, 0.25) is 5.88 Å². The molecular weight excluding hydrogens is 442 g/mol. The number of ketones is 1. The molecule has 0 fully saturated rings. The molecule has 0 unspecified atom stereocenters. The molecule has 7 nitrogen and oxygen atoms in total. The highest BCUT2D eigenvalue weighted by Gasteiger charge is 2.16. The van der Waals surface area contributed by atoms with Gasteiger partial charge in [-0.15, -0.1) is 0 Å². The maximum absolute atomic E-state index is 12.8. The highest BCUT2D eigenvalue weighted by molar-refractivity contribution is 6.34. The van der Waals surface area contributed by atoms with Gasteiger partial charge in [-0.1, -0.05) is 41.9 Å². The third-order valence-corrected chi connectivity index (χ3v) is 5.51. The first-order chi connectivity index (χ1) is 15.9. The number of H-pyrrole nitrogens is 1. The second-order valence-electron chi connectivity index (χ2n) is 7.38. The van der Waals surface area contributed by atoms with E-state index in [0.29, 0.717) is 35.2 Å². The number of rotatable bonds is 7. The minimum Gasteiger partial charge on any atom is -0.481 e. The largest absolute Gasteiger partial charge is 0.481 e. The Labute approximate surface area is 194 Å². The van der Waals surface area contributed by atoms with Gasteiger partial charge in [0.1, 0.15) is 5.56 Å². The predicted molar refractivity (Wildman–Crippen MR) is 127 cm³/mol. The fourth-order valence-electron chi connectivity index (χ4n) is 3.39. The molecule has 1 amide bonds. The number of aromatic amines is 1. The van der Waals surface area contributed by atoms with Gasteiger partial charge in [0.05, 0.1) is 23.3 Å². The summed E-state index contributed by atoms with van der Waals surface area (Å²) in [5.41, 5.74) is 1.56. The van der Waals surface area contributed by atoms with Gasteiger partial charge >= 0.3 is 0 Å². The number of hydrogen-bond acceptors (Lipinski definition) is 5. The van der Waals surface area contributed by atoms with Crippen LogP contribution in [0.4, 0.5) is 5.69 Å². The molecule has 4 rings (SSSR count). The number of anilines is 1. The van der Waals surface area contributed by atoms with Crippen LogP contribution < -0.4 is 15.6 Å². The van der Waals surface area contributed by atoms with Crippen molar-refractivity contribution in [1.29, 1.82) is 0 Å². The molecule has 0 spiro atoms. The number of Topliss-reactive ketones (excluding diaryl/α,β-unsaturated/α-hetero) is 1. The first-order valence-corrected chi connectivity index (χ1v) is 10.6. The van der Waals surface area contributed by atoms with Crippen LogP contribution in [0, 0.1) is 0 Å². The zero-order valence-corrected chi connectivity index (χ0v) is 18.5. The molecule has 4 aromatic rings. The third kappa shape index (κ3) is 5.10. The molecular formula is C25H20ClN3O4. The first kappa shape index (κ1) is 22.2. The zero-order chi connectivity index (χ0) is 23.4. The van der Waals surface area contributed by atoms with Crippen LogP contribution in [0.1, 0.15) is 32.7 Å². The van der Waals surface area contributed by atoms with Crippen LogP contribution in [0.5, 0.6) is 5.88 Å². The van der Waals surface area contributed by atoms with E-state index in [9.17, 15) is 14.4 Å². The summed E-state index contributed by atoms with van der Waals surface area (Å²) in [5, 5.41) is 3.46. The number of hydrogen-bond donors (Lipinski definition) is 2. The Hall–Kier alpha value is -3.97. The molecule has 2 heterocycles. The number of pyridine rings is 2. The number of aryl methyl sites for hydroxylation is 1. The molecule has 0 saturated heterocycles. The number of aromatic nitrogens is 2. The van der Waals surface area contributed by atoms with Crippen molar-refractivity contribution in [2.75, 3.05) is 12.4 Å². The summed E-state index contributed by atoms with van der Waals surface area (Å²) in [6, 6.07) is 17.4. The normalized spacial score (nSPS) is 10.7. The van der Waals surface area contributed by atoms with Crippen molar-refractivity contribution in [3.8, 4) is 5.88 Å². The van der Waals surface area contributed by atoms with E-state index in [1.807, 2.05) is 30.3 Å². The van der Waals surface area contributed by atoms with E-state index < -0.39 is 11.5 Å². The number of carbonyl (C=O) groups is 2. The van der Waals surface area contributed by atoms with E-state index in [2.05, 4.69) is 15.3 Å². The molecule has 0 radical (unpaired) electrons. The van der Waals surface area contributed by atoms with Gasteiger partial charge in [0.15, 0.2) is 5.78 Å². The van der Waals surface area contributed by atoms with Crippen LogP contribution in [-0.2, 0) is 6.42 Å². The second-order valence-corrected chi connectivity index (χ2v) is 7.79. The highest BCUT2D eigenvalue weighted by atomic mass is 35.5. The smallest absolute Gasteiger partial charge is 0.261 e. The van der Waals surface area contributed by atoms with Crippen LogP contribution in [0.3, 0.4) is 0 Å². The summed E-state index contributed by atoms with van der Waals surface area (Å²) in [7, 11) is 1.47. The van der Waals surface area contributed by atoms with Crippen LogP contribution >= 0.6 is 11.6 Å². The number of nitrogens with one attached hydrogen (secondary N) is 2. The maximum Gasteiger partial charge on any atom is 0.261 e. The second kappa shape index (κ2) is 9.67. The van der Waals surface area contributed by atoms with Crippen LogP contribution in [0.15, 0.2) is 71.7 Å². The molecule has 33 heavy (non-hydrogen) atoms. The van der Waals surface area contributed by atoms with E-state index in [1.165, 1.54) is 25.4 Å². The van der Waals surface area contributed by atoms with Gasteiger partial charge in [-0.25, -0.2) is 4.98 Å². The molecule has 2 aromatic heterocycles. The molecule has 8 heteroatoms. The van der Waals surface area contributed by atoms with Crippen molar-refractivity contribution in [3.05, 3.63) is 98.9 Å². The SMILES string of the molecule is COc1cc2[nH]c(=O)c(C(=O)Nc3cc(C(=O)CCc4ccccc4)ccc3Cl)cc2cn1. The topological polar surface area (TPSA) is 101 Å². The Morgan fingerprint density at radius 2 is 1.88 bits per heavy atom. The van der Waals surface area contributed by atoms with Crippen molar-refractivity contribution >= 4 is 39.9 Å². The van der Waals surface area contributed by atoms with Gasteiger partial charge in [0.25, 0.3) is 11.5 Å². The van der Waals surface area contributed by atoms with Gasteiger partial charge in [-0.3, -0.25) is 14.4 Å². The van der Waals surface area contributed by atoms with Crippen molar-refractivity contribution in [3.63, 3.8) is 0 Å². The molecule has 0 aliphatic rings. The Kier molecular flexibility index (Phi) is 6.51. The van der Waals surface area contributed by atoms with E-state index in [1.54, 1.807) is 18.2 Å². The van der Waals surface area contributed by atoms with Crippen molar-refractivity contribution < 1.29 is 14.3 Å². The number of amides is 1. The molecule has 0 bridgehead atoms. The molecule has 2 N–H and O–H groups in total. The lowest BCUT2D eigenvalue weighted by atomic mass is 10.0. The molecule has 0 atom stereocenters.